The Kier molecular flexibility index (Phi) is 5.45. The number of nitrogens with one attached hydrogen (secondary N) is 2. The van der Waals surface area contributed by atoms with Crippen molar-refractivity contribution in [3.05, 3.63) is 70.1 Å². The molecule has 30 heavy (non-hydrogen) atoms. The maximum absolute atomic E-state index is 13.5. The summed E-state index contributed by atoms with van der Waals surface area (Å²) in [6.45, 7) is 1.85. The minimum Gasteiger partial charge on any atom is -0.497 e. The predicted octanol–water partition coefficient (Wildman–Crippen LogP) is 3.99. The minimum absolute atomic E-state index is 0.277. The number of methoxy groups -OCH3 is 2. The second-order valence-corrected chi connectivity index (χ2v) is 7.58. The molecule has 0 saturated carbocycles. The van der Waals surface area contributed by atoms with Crippen molar-refractivity contribution < 1.29 is 14.3 Å². The molecule has 3 aromatic rings. The Morgan fingerprint density at radius 1 is 1.17 bits per heavy atom. The summed E-state index contributed by atoms with van der Waals surface area (Å²) in [5.74, 6) is 1.45. The van der Waals surface area contributed by atoms with Gasteiger partial charge in [-0.25, -0.2) is 4.68 Å². The van der Waals surface area contributed by atoms with E-state index >= 15 is 0 Å². The Balaban J connectivity index is 1.75. The van der Waals surface area contributed by atoms with Gasteiger partial charge in [0.05, 0.1) is 25.5 Å². The molecular weight excluding hydrogens is 450 g/mol. The van der Waals surface area contributed by atoms with Gasteiger partial charge in [-0.15, -0.1) is 0 Å². The van der Waals surface area contributed by atoms with Gasteiger partial charge in [-0.2, -0.15) is 10.1 Å². The summed E-state index contributed by atoms with van der Waals surface area (Å²) in [6, 6.07) is 12.6. The standard InChI is InChI=1S/C21H20BrN5O3/c1-12-18(20(28)26-16-10-15(29-2)8-9-17(16)30-3)19(13-4-6-14(22)7-5-13)27-21(25-12)23-11-24-27/h4-11,19H,1-3H3,(H,26,28)(H,23,24,25)/t19-/m0/s1. The highest BCUT2D eigenvalue weighted by atomic mass is 79.9. The Bertz CT molecular complexity index is 1120. The number of amides is 1. The lowest BCUT2D eigenvalue weighted by Crippen LogP contribution is -2.31. The van der Waals surface area contributed by atoms with Crippen molar-refractivity contribution in [2.75, 3.05) is 24.9 Å². The van der Waals surface area contributed by atoms with Gasteiger partial charge in [0, 0.05) is 16.2 Å². The topological polar surface area (TPSA) is 90.3 Å². The van der Waals surface area contributed by atoms with Crippen LogP contribution in [0.15, 0.2) is 64.5 Å². The largest absolute Gasteiger partial charge is 0.497 e. The zero-order valence-electron chi connectivity index (χ0n) is 16.6. The highest BCUT2D eigenvalue weighted by Gasteiger charge is 2.33. The molecule has 1 aromatic heterocycles. The average molecular weight is 470 g/mol. The molecule has 1 aliphatic heterocycles. The van der Waals surface area contributed by atoms with Crippen LogP contribution in [-0.2, 0) is 4.79 Å². The number of halogens is 1. The van der Waals surface area contributed by atoms with Crippen molar-refractivity contribution in [1.29, 1.82) is 0 Å². The second kappa shape index (κ2) is 8.19. The Morgan fingerprint density at radius 3 is 2.63 bits per heavy atom. The van der Waals surface area contributed by atoms with Crippen LogP contribution in [0.2, 0.25) is 0 Å². The number of hydrogen-bond acceptors (Lipinski definition) is 6. The normalized spacial score (nSPS) is 15.3. The highest BCUT2D eigenvalue weighted by molar-refractivity contribution is 9.10. The van der Waals surface area contributed by atoms with Crippen molar-refractivity contribution in [3.63, 3.8) is 0 Å². The maximum Gasteiger partial charge on any atom is 0.255 e. The van der Waals surface area contributed by atoms with Crippen molar-refractivity contribution >= 4 is 33.5 Å². The molecule has 0 aliphatic carbocycles. The van der Waals surface area contributed by atoms with E-state index in [2.05, 4.69) is 36.6 Å². The van der Waals surface area contributed by atoms with Gasteiger partial charge in [0.1, 0.15) is 23.9 Å². The van der Waals surface area contributed by atoms with Crippen LogP contribution in [0.5, 0.6) is 11.5 Å². The van der Waals surface area contributed by atoms with Gasteiger partial charge in [0.25, 0.3) is 5.91 Å². The lowest BCUT2D eigenvalue weighted by molar-refractivity contribution is -0.113. The second-order valence-electron chi connectivity index (χ2n) is 6.67. The molecule has 2 N–H and O–H groups in total. The smallest absolute Gasteiger partial charge is 0.255 e. The van der Waals surface area contributed by atoms with Gasteiger partial charge in [-0.3, -0.25) is 4.79 Å². The molecule has 0 fully saturated rings. The summed E-state index contributed by atoms with van der Waals surface area (Å²) in [5, 5.41) is 10.5. The number of anilines is 2. The molecule has 0 spiro atoms. The van der Waals surface area contributed by atoms with Crippen LogP contribution in [0.4, 0.5) is 11.6 Å². The van der Waals surface area contributed by atoms with Crippen LogP contribution in [0.1, 0.15) is 18.5 Å². The number of ether oxygens (including phenoxy) is 2. The first-order valence-corrected chi connectivity index (χ1v) is 9.97. The molecule has 1 amide bonds. The number of hydrogen-bond donors (Lipinski definition) is 2. The van der Waals surface area contributed by atoms with Crippen LogP contribution >= 0.6 is 15.9 Å². The third kappa shape index (κ3) is 3.63. The summed E-state index contributed by atoms with van der Waals surface area (Å²) in [5.41, 5.74) is 2.65. The Labute approximate surface area is 182 Å². The van der Waals surface area contributed by atoms with E-state index < -0.39 is 6.04 Å². The fourth-order valence-electron chi connectivity index (χ4n) is 3.44. The number of rotatable bonds is 5. The van der Waals surface area contributed by atoms with Gasteiger partial charge in [0.15, 0.2) is 0 Å². The van der Waals surface area contributed by atoms with Gasteiger partial charge in [-0.1, -0.05) is 28.1 Å². The molecule has 0 bridgehead atoms. The highest BCUT2D eigenvalue weighted by Crippen LogP contribution is 2.37. The summed E-state index contributed by atoms with van der Waals surface area (Å²) in [4.78, 5) is 17.7. The monoisotopic (exact) mass is 469 g/mol. The van der Waals surface area contributed by atoms with E-state index in [1.54, 1.807) is 37.1 Å². The number of aromatic nitrogens is 3. The summed E-state index contributed by atoms with van der Waals surface area (Å²) in [7, 11) is 3.12. The van der Waals surface area contributed by atoms with Crippen LogP contribution < -0.4 is 20.1 Å². The number of fused-ring (bicyclic) bond motifs is 1. The Morgan fingerprint density at radius 2 is 1.93 bits per heavy atom. The minimum atomic E-state index is -0.437. The summed E-state index contributed by atoms with van der Waals surface area (Å²) in [6.07, 6.45) is 1.47. The lowest BCUT2D eigenvalue weighted by Gasteiger charge is -2.29. The number of allylic oxidation sites excluding steroid dienone is 1. The van der Waals surface area contributed by atoms with Crippen molar-refractivity contribution in [2.45, 2.75) is 13.0 Å². The first-order valence-electron chi connectivity index (χ1n) is 9.18. The maximum atomic E-state index is 13.5. The van der Waals surface area contributed by atoms with E-state index in [9.17, 15) is 4.79 Å². The number of carbonyl (C=O) groups excluding carboxylic acids is 1. The first kappa shape index (κ1) is 20.0. The van der Waals surface area contributed by atoms with Gasteiger partial charge < -0.3 is 20.1 Å². The molecule has 154 valence electrons. The molecule has 1 aliphatic rings. The van der Waals surface area contributed by atoms with Crippen LogP contribution in [0, 0.1) is 0 Å². The summed E-state index contributed by atoms with van der Waals surface area (Å²) < 4.78 is 13.3. The van der Waals surface area contributed by atoms with Gasteiger partial charge in [0.2, 0.25) is 5.95 Å². The molecule has 2 heterocycles. The third-order valence-electron chi connectivity index (χ3n) is 4.88. The fourth-order valence-corrected chi connectivity index (χ4v) is 3.70. The SMILES string of the molecule is COc1ccc(OC)c(NC(=O)C2=C(C)Nc3ncnn3[C@H]2c2ccc(Br)cc2)c1. The number of carbonyl (C=O) groups is 1. The van der Waals surface area contributed by atoms with Gasteiger partial charge in [-0.05, 0) is 36.8 Å². The molecule has 8 nitrogen and oxygen atoms in total. The molecule has 2 aromatic carbocycles. The molecular formula is C21H20BrN5O3. The van der Waals surface area contributed by atoms with E-state index in [1.165, 1.54) is 6.33 Å². The van der Waals surface area contributed by atoms with E-state index in [4.69, 9.17) is 9.47 Å². The van der Waals surface area contributed by atoms with Gasteiger partial charge >= 0.3 is 0 Å². The van der Waals surface area contributed by atoms with Crippen molar-refractivity contribution in [1.82, 2.24) is 14.8 Å². The molecule has 9 heteroatoms. The molecule has 0 unspecified atom stereocenters. The predicted molar refractivity (Wildman–Crippen MR) is 117 cm³/mol. The van der Waals surface area contributed by atoms with Crippen LogP contribution in [0.25, 0.3) is 0 Å². The van der Waals surface area contributed by atoms with Crippen molar-refractivity contribution in [3.8, 4) is 11.5 Å². The van der Waals surface area contributed by atoms with Crippen molar-refractivity contribution in [2.24, 2.45) is 0 Å². The van der Waals surface area contributed by atoms with Crippen LogP contribution in [-0.4, -0.2) is 34.9 Å². The first-order chi connectivity index (χ1) is 14.5. The average Bonchev–Trinajstić information content (AvgIpc) is 3.21. The summed E-state index contributed by atoms with van der Waals surface area (Å²) >= 11 is 3.46. The number of nitrogens with zero attached hydrogens (tertiary/aromatic N) is 3. The lowest BCUT2D eigenvalue weighted by atomic mass is 9.95. The van der Waals surface area contributed by atoms with E-state index in [0.717, 1.165) is 10.0 Å². The van der Waals surface area contributed by atoms with E-state index in [1.807, 2.05) is 31.2 Å². The van der Waals surface area contributed by atoms with E-state index in [-0.39, 0.29) is 5.91 Å². The van der Waals surface area contributed by atoms with Crippen LogP contribution in [0.3, 0.4) is 0 Å². The zero-order chi connectivity index (χ0) is 21.3. The van der Waals surface area contributed by atoms with E-state index in [0.29, 0.717) is 34.4 Å². The fraction of sp³-hybridized carbons (Fsp3) is 0.190. The third-order valence-corrected chi connectivity index (χ3v) is 5.41. The Hall–Kier alpha value is -3.33. The molecule has 1 atom stereocenters. The number of benzene rings is 2. The molecule has 4 rings (SSSR count). The molecule has 0 saturated heterocycles. The zero-order valence-corrected chi connectivity index (χ0v) is 18.2. The quantitative estimate of drug-likeness (QED) is 0.587. The molecule has 0 radical (unpaired) electrons.